The van der Waals surface area contributed by atoms with Crippen LogP contribution in [0.15, 0.2) is 34.8 Å². The van der Waals surface area contributed by atoms with Crippen molar-refractivity contribution in [1.29, 1.82) is 0 Å². The van der Waals surface area contributed by atoms with Gasteiger partial charge in [0.1, 0.15) is 16.6 Å². The van der Waals surface area contributed by atoms with Crippen molar-refractivity contribution in [3.63, 3.8) is 0 Å². The quantitative estimate of drug-likeness (QED) is 0.608. The molecule has 0 amide bonds. The van der Waals surface area contributed by atoms with Gasteiger partial charge in [0.2, 0.25) is 0 Å². The lowest BCUT2D eigenvalue weighted by molar-refractivity contribution is 0.414. The molecule has 0 saturated carbocycles. The molecule has 0 saturated heterocycles. The predicted octanol–water partition coefficient (Wildman–Crippen LogP) is 1.78. The second-order valence-electron chi connectivity index (χ2n) is 3.14. The van der Waals surface area contributed by atoms with E-state index in [1.165, 1.54) is 0 Å². The van der Waals surface area contributed by atoms with Crippen LogP contribution in [0.25, 0.3) is 6.08 Å². The summed E-state index contributed by atoms with van der Waals surface area (Å²) in [7, 11) is 1.63. The second-order valence-corrected chi connectivity index (χ2v) is 3.52. The molecule has 15 heavy (non-hydrogen) atoms. The molecule has 76 valence electrons. The number of ether oxygens (including phenoxy) is 1. The van der Waals surface area contributed by atoms with Crippen LogP contribution in [-0.4, -0.2) is 17.9 Å². The Balaban J connectivity index is 2.32. The molecule has 1 heterocycles. The van der Waals surface area contributed by atoms with E-state index in [4.69, 9.17) is 22.7 Å². The van der Waals surface area contributed by atoms with Gasteiger partial charge in [-0.15, -0.1) is 0 Å². The molecule has 0 unspecified atom stereocenters. The van der Waals surface area contributed by atoms with Gasteiger partial charge in [0, 0.05) is 0 Å². The number of aliphatic imine (C=N–C) groups is 1. The van der Waals surface area contributed by atoms with Crippen molar-refractivity contribution < 1.29 is 4.74 Å². The van der Waals surface area contributed by atoms with E-state index in [1.54, 1.807) is 7.11 Å². The first-order valence-electron chi connectivity index (χ1n) is 4.45. The molecule has 0 radical (unpaired) electrons. The molecule has 4 heteroatoms. The lowest BCUT2D eigenvalue weighted by Crippen LogP contribution is -2.29. The van der Waals surface area contributed by atoms with Gasteiger partial charge >= 0.3 is 0 Å². The number of nitrogens with two attached hydrogens (primary N) is 1. The maximum absolute atomic E-state index is 5.59. The third-order valence-electron chi connectivity index (χ3n) is 2.13. The van der Waals surface area contributed by atoms with Crippen LogP contribution in [0.4, 0.5) is 0 Å². The number of hydrogen-bond acceptors (Lipinski definition) is 3. The number of thiocarbonyl (C=S) groups is 1. The summed E-state index contributed by atoms with van der Waals surface area (Å²) in [6.45, 7) is 0. The smallest absolute Gasteiger partial charge is 0.139 e. The Morgan fingerprint density at radius 3 is 2.87 bits per heavy atom. The molecule has 2 N–H and O–H groups in total. The highest BCUT2D eigenvalue weighted by molar-refractivity contribution is 7.81. The highest BCUT2D eigenvalue weighted by Gasteiger charge is 2.18. The van der Waals surface area contributed by atoms with E-state index >= 15 is 0 Å². The summed E-state index contributed by atoms with van der Waals surface area (Å²) in [6, 6.07) is 7.68. The highest BCUT2D eigenvalue weighted by atomic mass is 32.1. The summed E-state index contributed by atoms with van der Waals surface area (Å²) in [5.74, 6) is 1.31. The van der Waals surface area contributed by atoms with Gasteiger partial charge in [-0.3, -0.25) is 0 Å². The van der Waals surface area contributed by atoms with Gasteiger partial charge in [-0.25, -0.2) is 4.99 Å². The molecule has 1 aliphatic rings. The van der Waals surface area contributed by atoms with Crippen molar-refractivity contribution >= 4 is 29.1 Å². The highest BCUT2D eigenvalue weighted by Crippen LogP contribution is 2.19. The number of rotatable bonds is 2. The fraction of sp³-hybridized carbons (Fsp3) is 0.0909. The van der Waals surface area contributed by atoms with E-state index < -0.39 is 0 Å². The average Bonchev–Trinajstić information content (AvgIpc) is 2.27. The van der Waals surface area contributed by atoms with Gasteiger partial charge in [0.25, 0.3) is 0 Å². The minimum absolute atomic E-state index is 0.503. The molecule has 0 bridgehead atoms. The lowest BCUT2D eigenvalue weighted by Gasteiger charge is -2.14. The summed E-state index contributed by atoms with van der Waals surface area (Å²) in [4.78, 5) is 4.43. The molecule has 0 fully saturated rings. The Hall–Kier alpha value is -1.68. The SMILES string of the molecule is COc1cccc(/C=C2/C(=S)N=C2N)c1. The number of benzene rings is 1. The standard InChI is InChI=1S/C11H10N2OS/c1-14-8-4-2-3-7(5-8)6-9-10(12)13-11(9)15/h2-6H,1H3,(H2,12,13,15)/b9-6+. The second kappa shape index (κ2) is 3.82. The fourth-order valence-corrected chi connectivity index (χ4v) is 1.58. The number of methoxy groups -OCH3 is 1. The Morgan fingerprint density at radius 2 is 2.27 bits per heavy atom. The van der Waals surface area contributed by atoms with Gasteiger partial charge in [-0.05, 0) is 23.8 Å². The van der Waals surface area contributed by atoms with Crippen LogP contribution in [0.2, 0.25) is 0 Å². The first kappa shape index (κ1) is 9.86. The van der Waals surface area contributed by atoms with Gasteiger partial charge in [0.15, 0.2) is 0 Å². The minimum atomic E-state index is 0.503. The van der Waals surface area contributed by atoms with Gasteiger partial charge in [-0.1, -0.05) is 24.4 Å². The van der Waals surface area contributed by atoms with Crippen LogP contribution >= 0.6 is 12.2 Å². The maximum atomic E-state index is 5.59. The zero-order valence-electron chi connectivity index (χ0n) is 8.23. The Bertz CT molecular complexity index is 477. The molecule has 1 aliphatic heterocycles. The van der Waals surface area contributed by atoms with E-state index in [1.807, 2.05) is 30.3 Å². The fourth-order valence-electron chi connectivity index (χ4n) is 1.32. The van der Waals surface area contributed by atoms with Crippen molar-refractivity contribution in [3.8, 4) is 5.75 Å². The summed E-state index contributed by atoms with van der Waals surface area (Å²) >= 11 is 4.98. The van der Waals surface area contributed by atoms with Crippen LogP contribution in [0.3, 0.4) is 0 Å². The van der Waals surface area contributed by atoms with E-state index in [9.17, 15) is 0 Å². The minimum Gasteiger partial charge on any atom is -0.497 e. The van der Waals surface area contributed by atoms with Crippen LogP contribution in [0.1, 0.15) is 5.56 Å². The zero-order chi connectivity index (χ0) is 10.8. The Kier molecular flexibility index (Phi) is 2.51. The maximum Gasteiger partial charge on any atom is 0.139 e. The van der Waals surface area contributed by atoms with E-state index in [-0.39, 0.29) is 0 Å². The Morgan fingerprint density at radius 1 is 1.47 bits per heavy atom. The van der Waals surface area contributed by atoms with Crippen LogP contribution in [-0.2, 0) is 0 Å². The monoisotopic (exact) mass is 218 g/mol. The van der Waals surface area contributed by atoms with E-state index in [0.717, 1.165) is 16.9 Å². The normalized spacial score (nSPS) is 17.3. The van der Waals surface area contributed by atoms with Crippen molar-refractivity contribution in [2.45, 2.75) is 0 Å². The molecule has 0 spiro atoms. The molecule has 0 aromatic heterocycles. The molecule has 2 rings (SSSR count). The number of amidine groups is 1. The molecular formula is C11H10N2OS. The van der Waals surface area contributed by atoms with Crippen LogP contribution in [0, 0.1) is 0 Å². The van der Waals surface area contributed by atoms with Crippen molar-refractivity contribution in [1.82, 2.24) is 0 Å². The largest absolute Gasteiger partial charge is 0.497 e. The molecule has 3 nitrogen and oxygen atoms in total. The van der Waals surface area contributed by atoms with Crippen molar-refractivity contribution in [2.24, 2.45) is 10.7 Å². The number of nitrogens with zero attached hydrogens (tertiary/aromatic N) is 1. The van der Waals surface area contributed by atoms with Crippen molar-refractivity contribution in [2.75, 3.05) is 7.11 Å². The van der Waals surface area contributed by atoms with Crippen LogP contribution in [0.5, 0.6) is 5.75 Å². The molecule has 1 aromatic carbocycles. The first-order chi connectivity index (χ1) is 7.20. The van der Waals surface area contributed by atoms with E-state index in [2.05, 4.69) is 4.99 Å². The topological polar surface area (TPSA) is 47.6 Å². The molecule has 0 aliphatic carbocycles. The molecular weight excluding hydrogens is 208 g/mol. The molecule has 0 atom stereocenters. The summed E-state index contributed by atoms with van der Waals surface area (Å²) in [5, 5.41) is 0. The average molecular weight is 218 g/mol. The molecule has 1 aromatic rings. The Labute approximate surface area is 93.3 Å². The zero-order valence-corrected chi connectivity index (χ0v) is 9.04. The van der Waals surface area contributed by atoms with E-state index in [0.29, 0.717) is 10.8 Å². The lowest BCUT2D eigenvalue weighted by atomic mass is 10.1. The van der Waals surface area contributed by atoms with Gasteiger partial charge in [0.05, 0.1) is 12.7 Å². The first-order valence-corrected chi connectivity index (χ1v) is 4.86. The summed E-state index contributed by atoms with van der Waals surface area (Å²) in [5.41, 5.74) is 7.43. The van der Waals surface area contributed by atoms with Crippen LogP contribution < -0.4 is 10.5 Å². The third kappa shape index (κ3) is 1.89. The number of hydrogen-bond donors (Lipinski definition) is 1. The summed E-state index contributed by atoms with van der Waals surface area (Å²) < 4.78 is 5.12. The summed E-state index contributed by atoms with van der Waals surface area (Å²) in [6.07, 6.45) is 1.91. The van der Waals surface area contributed by atoms with Gasteiger partial charge < -0.3 is 10.5 Å². The van der Waals surface area contributed by atoms with Crippen molar-refractivity contribution in [3.05, 3.63) is 35.4 Å². The predicted molar refractivity (Wildman–Crippen MR) is 65.2 cm³/mol. The van der Waals surface area contributed by atoms with Gasteiger partial charge in [-0.2, -0.15) is 0 Å². The third-order valence-corrected chi connectivity index (χ3v) is 2.44.